The van der Waals surface area contributed by atoms with Gasteiger partial charge in [0.1, 0.15) is 0 Å². The Bertz CT molecular complexity index is 419. The van der Waals surface area contributed by atoms with E-state index >= 15 is 0 Å². The number of carbonyl (C=O) groups is 2. The van der Waals surface area contributed by atoms with Gasteiger partial charge in [-0.1, -0.05) is 25.5 Å². The highest BCUT2D eigenvalue weighted by atomic mass is 16.6. The van der Waals surface area contributed by atoms with Crippen molar-refractivity contribution in [2.24, 2.45) is 23.2 Å². The minimum absolute atomic E-state index is 0.221. The molecule has 2 fully saturated rings. The fourth-order valence-corrected chi connectivity index (χ4v) is 3.67. The Morgan fingerprint density at radius 2 is 2.18 bits per heavy atom. The molecule has 1 saturated heterocycles. The SMILES string of the molecule is CC1(C)[C@H]2CC=C(C[C@@H]3CC(=O)OC3=O)[C@H]1C2. The average Bonchev–Trinajstić information content (AvgIpc) is 2.57. The first-order valence-corrected chi connectivity index (χ1v) is 6.42. The first-order valence-electron chi connectivity index (χ1n) is 6.42. The lowest BCUT2D eigenvalue weighted by Crippen LogP contribution is -2.48. The molecule has 92 valence electrons. The summed E-state index contributed by atoms with van der Waals surface area (Å²) in [5.74, 6) is 0.525. The van der Waals surface area contributed by atoms with Crippen LogP contribution in [0, 0.1) is 23.2 Å². The van der Waals surface area contributed by atoms with Crippen LogP contribution in [-0.2, 0) is 14.3 Å². The van der Waals surface area contributed by atoms with Crippen LogP contribution in [0.5, 0.6) is 0 Å². The van der Waals surface area contributed by atoms with Gasteiger partial charge in [-0.25, -0.2) is 0 Å². The predicted octanol–water partition coefficient (Wildman–Crippen LogP) is 2.46. The van der Waals surface area contributed by atoms with E-state index in [4.69, 9.17) is 0 Å². The summed E-state index contributed by atoms with van der Waals surface area (Å²) in [6, 6.07) is 0. The first-order chi connectivity index (χ1) is 7.98. The quantitative estimate of drug-likeness (QED) is 0.419. The van der Waals surface area contributed by atoms with Crippen molar-refractivity contribution in [2.45, 2.75) is 39.5 Å². The molecule has 3 nitrogen and oxygen atoms in total. The van der Waals surface area contributed by atoms with Crippen molar-refractivity contribution in [3.8, 4) is 0 Å². The van der Waals surface area contributed by atoms with E-state index in [0.29, 0.717) is 11.3 Å². The standard InChI is InChI=1S/C14H18O3/c1-14(2)10-4-3-8(11(14)7-10)5-9-6-12(15)17-13(9)16/h3,9-11H,4-7H2,1-2H3/t9-,10+,11-/m1/s1. The lowest BCUT2D eigenvalue weighted by atomic mass is 9.48. The van der Waals surface area contributed by atoms with Gasteiger partial charge in [0.05, 0.1) is 12.3 Å². The van der Waals surface area contributed by atoms with Crippen LogP contribution in [0.3, 0.4) is 0 Å². The molecule has 0 aromatic carbocycles. The maximum atomic E-state index is 11.5. The third kappa shape index (κ3) is 1.55. The fourth-order valence-electron chi connectivity index (χ4n) is 3.67. The Labute approximate surface area is 101 Å². The summed E-state index contributed by atoms with van der Waals surface area (Å²) in [5.41, 5.74) is 1.77. The Kier molecular flexibility index (Phi) is 2.22. The van der Waals surface area contributed by atoms with Crippen molar-refractivity contribution in [3.05, 3.63) is 11.6 Å². The predicted molar refractivity (Wildman–Crippen MR) is 61.9 cm³/mol. The van der Waals surface area contributed by atoms with E-state index in [1.54, 1.807) is 0 Å². The van der Waals surface area contributed by atoms with Crippen LogP contribution in [0.25, 0.3) is 0 Å². The van der Waals surface area contributed by atoms with Gasteiger partial charge in [0, 0.05) is 0 Å². The van der Waals surface area contributed by atoms with Crippen molar-refractivity contribution in [1.82, 2.24) is 0 Å². The van der Waals surface area contributed by atoms with Crippen molar-refractivity contribution in [3.63, 3.8) is 0 Å². The molecule has 4 rings (SSSR count). The summed E-state index contributed by atoms with van der Waals surface area (Å²) >= 11 is 0. The Balaban J connectivity index is 1.72. The van der Waals surface area contributed by atoms with Crippen LogP contribution in [0.2, 0.25) is 0 Å². The third-order valence-electron chi connectivity index (χ3n) is 5.03. The summed E-state index contributed by atoms with van der Waals surface area (Å²) in [4.78, 5) is 22.5. The van der Waals surface area contributed by atoms with Crippen LogP contribution >= 0.6 is 0 Å². The molecule has 0 radical (unpaired) electrons. The maximum absolute atomic E-state index is 11.5. The molecule has 1 saturated carbocycles. The van der Waals surface area contributed by atoms with Crippen molar-refractivity contribution in [1.29, 1.82) is 0 Å². The second-order valence-electron chi connectivity index (χ2n) is 6.22. The number of hydrogen-bond acceptors (Lipinski definition) is 3. The Morgan fingerprint density at radius 1 is 1.41 bits per heavy atom. The number of rotatable bonds is 2. The van der Waals surface area contributed by atoms with Crippen LogP contribution in [0.15, 0.2) is 11.6 Å². The minimum atomic E-state index is -0.359. The van der Waals surface area contributed by atoms with E-state index in [-0.39, 0.29) is 24.3 Å². The van der Waals surface area contributed by atoms with E-state index in [1.165, 1.54) is 12.0 Å². The number of esters is 2. The van der Waals surface area contributed by atoms with Gasteiger partial charge in [0.15, 0.2) is 0 Å². The molecule has 0 spiro atoms. The second kappa shape index (κ2) is 3.44. The van der Waals surface area contributed by atoms with Crippen molar-refractivity contribution in [2.75, 3.05) is 0 Å². The lowest BCUT2D eigenvalue weighted by Gasteiger charge is -2.56. The summed E-state index contributed by atoms with van der Waals surface area (Å²) in [7, 11) is 0. The molecular formula is C14H18O3. The highest BCUT2D eigenvalue weighted by molar-refractivity contribution is 5.94. The molecule has 0 amide bonds. The van der Waals surface area contributed by atoms with Crippen LogP contribution < -0.4 is 0 Å². The second-order valence-corrected chi connectivity index (χ2v) is 6.22. The number of hydrogen-bond donors (Lipinski definition) is 0. The number of carbonyl (C=O) groups excluding carboxylic acids is 2. The molecule has 3 atom stereocenters. The Morgan fingerprint density at radius 3 is 2.71 bits per heavy atom. The summed E-state index contributed by atoms with van der Waals surface area (Å²) < 4.78 is 4.61. The summed E-state index contributed by atoms with van der Waals surface area (Å²) in [6.07, 6.45) is 5.68. The zero-order valence-electron chi connectivity index (χ0n) is 10.4. The highest BCUT2D eigenvalue weighted by Gasteiger charge is 2.51. The van der Waals surface area contributed by atoms with E-state index in [2.05, 4.69) is 24.7 Å². The van der Waals surface area contributed by atoms with E-state index in [9.17, 15) is 9.59 Å². The molecule has 0 N–H and O–H groups in total. The smallest absolute Gasteiger partial charge is 0.317 e. The van der Waals surface area contributed by atoms with E-state index in [1.807, 2.05) is 0 Å². The van der Waals surface area contributed by atoms with Crippen LogP contribution in [0.4, 0.5) is 0 Å². The van der Waals surface area contributed by atoms with Gasteiger partial charge in [-0.05, 0) is 36.5 Å². The first kappa shape index (κ1) is 11.0. The highest BCUT2D eigenvalue weighted by Crippen LogP contribution is 2.60. The number of fused-ring (bicyclic) bond motifs is 1. The molecule has 0 unspecified atom stereocenters. The van der Waals surface area contributed by atoms with Crippen molar-refractivity contribution >= 4 is 11.9 Å². The van der Waals surface area contributed by atoms with Gasteiger partial charge < -0.3 is 4.74 Å². The summed E-state index contributed by atoms with van der Waals surface area (Å²) in [6.45, 7) is 4.63. The number of allylic oxidation sites excluding steroid dienone is 2. The molecular weight excluding hydrogens is 216 g/mol. The van der Waals surface area contributed by atoms with E-state index in [0.717, 1.165) is 18.8 Å². The zero-order chi connectivity index (χ0) is 12.2. The average molecular weight is 234 g/mol. The Hall–Kier alpha value is -1.12. The third-order valence-corrected chi connectivity index (χ3v) is 5.03. The molecule has 1 aliphatic heterocycles. The number of ether oxygens (including phenoxy) is 1. The molecule has 2 bridgehead atoms. The van der Waals surface area contributed by atoms with E-state index < -0.39 is 0 Å². The zero-order valence-corrected chi connectivity index (χ0v) is 10.4. The van der Waals surface area contributed by atoms with Crippen molar-refractivity contribution < 1.29 is 14.3 Å². The fraction of sp³-hybridized carbons (Fsp3) is 0.714. The van der Waals surface area contributed by atoms with Gasteiger partial charge >= 0.3 is 11.9 Å². The molecule has 0 aromatic rings. The lowest BCUT2D eigenvalue weighted by molar-refractivity contribution is -0.153. The molecule has 3 aliphatic carbocycles. The topological polar surface area (TPSA) is 43.4 Å². The van der Waals surface area contributed by atoms with Gasteiger partial charge in [-0.15, -0.1) is 0 Å². The van der Waals surface area contributed by atoms with Gasteiger partial charge in [0.2, 0.25) is 0 Å². The molecule has 17 heavy (non-hydrogen) atoms. The monoisotopic (exact) mass is 234 g/mol. The summed E-state index contributed by atoms with van der Waals surface area (Å²) in [5, 5.41) is 0. The number of cyclic esters (lactones) is 2. The van der Waals surface area contributed by atoms with Crippen LogP contribution in [-0.4, -0.2) is 11.9 Å². The molecule has 3 heteroatoms. The van der Waals surface area contributed by atoms with Gasteiger partial charge in [-0.3, -0.25) is 9.59 Å². The van der Waals surface area contributed by atoms with Crippen LogP contribution in [0.1, 0.15) is 39.5 Å². The molecule has 0 aromatic heterocycles. The van der Waals surface area contributed by atoms with Gasteiger partial charge in [0.25, 0.3) is 0 Å². The molecule has 4 aliphatic rings. The van der Waals surface area contributed by atoms with Gasteiger partial charge in [-0.2, -0.15) is 0 Å². The maximum Gasteiger partial charge on any atom is 0.317 e. The molecule has 1 heterocycles. The normalized spacial score (nSPS) is 38.5. The largest absolute Gasteiger partial charge is 0.393 e. The minimum Gasteiger partial charge on any atom is -0.393 e.